The first-order valence-corrected chi connectivity index (χ1v) is 8.65. The van der Waals surface area contributed by atoms with E-state index in [1.165, 1.54) is 5.01 Å². The first kappa shape index (κ1) is 14.9. The molecular formula is C14H17BrN2S2. The van der Waals surface area contributed by atoms with Crippen molar-refractivity contribution in [1.29, 1.82) is 0 Å². The van der Waals surface area contributed by atoms with Gasteiger partial charge in [-0.05, 0) is 18.2 Å². The Kier molecular flexibility index (Phi) is 4.58. The van der Waals surface area contributed by atoms with E-state index in [4.69, 9.17) is 10.7 Å². The fraction of sp³-hybridized carbons (Fsp3) is 0.357. The number of benzene rings is 1. The van der Waals surface area contributed by atoms with E-state index in [2.05, 4.69) is 42.1 Å². The minimum atomic E-state index is 0.129. The van der Waals surface area contributed by atoms with E-state index in [1.54, 1.807) is 23.1 Å². The Bertz CT molecular complexity index is 573. The number of thiazole rings is 1. The maximum absolute atomic E-state index is 5.99. The zero-order chi connectivity index (χ0) is 14.0. The topological polar surface area (TPSA) is 38.9 Å². The molecule has 2 nitrogen and oxygen atoms in total. The van der Waals surface area contributed by atoms with Gasteiger partial charge in [0.25, 0.3) is 0 Å². The van der Waals surface area contributed by atoms with Crippen molar-refractivity contribution in [3.8, 4) is 0 Å². The van der Waals surface area contributed by atoms with Crippen LogP contribution in [0.2, 0.25) is 0 Å². The van der Waals surface area contributed by atoms with Gasteiger partial charge < -0.3 is 5.73 Å². The van der Waals surface area contributed by atoms with Gasteiger partial charge in [0, 0.05) is 31.6 Å². The van der Waals surface area contributed by atoms with Crippen molar-refractivity contribution in [2.45, 2.75) is 36.8 Å². The van der Waals surface area contributed by atoms with Gasteiger partial charge in [-0.1, -0.05) is 36.7 Å². The molecule has 0 amide bonds. The molecule has 0 aliphatic carbocycles. The van der Waals surface area contributed by atoms with E-state index < -0.39 is 0 Å². The van der Waals surface area contributed by atoms with E-state index in [-0.39, 0.29) is 5.41 Å². The molecule has 0 fully saturated rings. The molecule has 0 saturated heterocycles. The summed E-state index contributed by atoms with van der Waals surface area (Å²) in [5.41, 5.74) is 8.06. The second-order valence-corrected chi connectivity index (χ2v) is 8.16. The molecule has 1 aromatic carbocycles. The number of nitrogens with zero attached hydrogens (tertiary/aromatic N) is 1. The Morgan fingerprint density at radius 1 is 1.37 bits per heavy atom. The van der Waals surface area contributed by atoms with Gasteiger partial charge in [0.2, 0.25) is 0 Å². The molecule has 2 N–H and O–H groups in total. The summed E-state index contributed by atoms with van der Waals surface area (Å²) in [6.07, 6.45) is 0. The van der Waals surface area contributed by atoms with Gasteiger partial charge in [-0.3, -0.25) is 0 Å². The van der Waals surface area contributed by atoms with Crippen LogP contribution in [0.4, 0.5) is 5.69 Å². The summed E-state index contributed by atoms with van der Waals surface area (Å²) in [6, 6.07) is 5.99. The van der Waals surface area contributed by atoms with Gasteiger partial charge in [0.05, 0.1) is 10.7 Å². The van der Waals surface area contributed by atoms with Crippen LogP contribution in [0.1, 0.15) is 31.5 Å². The summed E-state index contributed by atoms with van der Waals surface area (Å²) >= 11 is 6.88. The Hall–Kier alpha value is -0.520. The summed E-state index contributed by atoms with van der Waals surface area (Å²) < 4.78 is 1.01. The predicted octanol–water partition coefficient (Wildman–Crippen LogP) is 5.08. The van der Waals surface area contributed by atoms with Gasteiger partial charge >= 0.3 is 0 Å². The van der Waals surface area contributed by atoms with Crippen molar-refractivity contribution in [2.24, 2.45) is 0 Å². The highest BCUT2D eigenvalue weighted by atomic mass is 79.9. The van der Waals surface area contributed by atoms with Crippen molar-refractivity contribution >= 4 is 44.7 Å². The van der Waals surface area contributed by atoms with Crippen LogP contribution in [0.15, 0.2) is 32.9 Å². The average Bonchev–Trinajstić information content (AvgIpc) is 2.76. The van der Waals surface area contributed by atoms with Crippen LogP contribution in [0, 0.1) is 0 Å². The molecule has 19 heavy (non-hydrogen) atoms. The van der Waals surface area contributed by atoms with Gasteiger partial charge in [0.1, 0.15) is 0 Å². The fourth-order valence-corrected chi connectivity index (χ4v) is 3.75. The van der Waals surface area contributed by atoms with E-state index in [9.17, 15) is 0 Å². The first-order chi connectivity index (χ1) is 8.86. The molecule has 0 aliphatic heterocycles. The second kappa shape index (κ2) is 5.85. The normalized spacial score (nSPS) is 11.8. The summed E-state index contributed by atoms with van der Waals surface area (Å²) in [5, 5.41) is 3.33. The predicted molar refractivity (Wildman–Crippen MR) is 88.9 cm³/mol. The number of nitrogen functional groups attached to an aromatic ring is 1. The Morgan fingerprint density at radius 3 is 2.68 bits per heavy atom. The molecule has 102 valence electrons. The molecule has 1 heterocycles. The number of halogens is 1. The molecule has 1 aromatic heterocycles. The van der Waals surface area contributed by atoms with Crippen LogP contribution in [-0.2, 0) is 11.2 Å². The number of nitrogens with two attached hydrogens (primary N) is 1. The molecule has 0 aliphatic rings. The van der Waals surface area contributed by atoms with Crippen LogP contribution in [0.3, 0.4) is 0 Å². The SMILES string of the molecule is CC(C)(C)c1nc(CSc2ccc(Br)cc2N)cs1. The van der Waals surface area contributed by atoms with E-state index >= 15 is 0 Å². The average molecular weight is 357 g/mol. The first-order valence-electron chi connectivity index (χ1n) is 5.99. The lowest BCUT2D eigenvalue weighted by Crippen LogP contribution is -2.10. The van der Waals surface area contributed by atoms with Crippen LogP contribution in [0.25, 0.3) is 0 Å². The highest BCUT2D eigenvalue weighted by Crippen LogP contribution is 2.32. The largest absolute Gasteiger partial charge is 0.398 e. The maximum atomic E-state index is 5.99. The smallest absolute Gasteiger partial charge is 0.0982 e. The van der Waals surface area contributed by atoms with Gasteiger partial charge in [-0.25, -0.2) is 4.98 Å². The van der Waals surface area contributed by atoms with Crippen molar-refractivity contribution < 1.29 is 0 Å². The molecule has 2 aromatic rings. The van der Waals surface area contributed by atoms with Crippen LogP contribution < -0.4 is 5.73 Å². The number of anilines is 1. The van der Waals surface area contributed by atoms with Crippen LogP contribution in [0.5, 0.6) is 0 Å². The van der Waals surface area contributed by atoms with Crippen molar-refractivity contribution in [2.75, 3.05) is 5.73 Å². The van der Waals surface area contributed by atoms with E-state index in [0.29, 0.717) is 0 Å². The molecule has 0 atom stereocenters. The maximum Gasteiger partial charge on any atom is 0.0982 e. The third kappa shape index (κ3) is 3.97. The van der Waals surface area contributed by atoms with Crippen molar-refractivity contribution in [3.05, 3.63) is 38.8 Å². The summed E-state index contributed by atoms with van der Waals surface area (Å²) in [7, 11) is 0. The minimum absolute atomic E-state index is 0.129. The van der Waals surface area contributed by atoms with Crippen LogP contribution in [-0.4, -0.2) is 4.98 Å². The Morgan fingerprint density at radius 2 is 2.11 bits per heavy atom. The van der Waals surface area contributed by atoms with Gasteiger partial charge in [-0.15, -0.1) is 23.1 Å². The lowest BCUT2D eigenvalue weighted by Gasteiger charge is -2.13. The highest BCUT2D eigenvalue weighted by Gasteiger charge is 2.17. The standard InChI is InChI=1S/C14H17BrN2S2/c1-14(2,3)13-17-10(8-19-13)7-18-12-5-4-9(15)6-11(12)16/h4-6,8H,7,16H2,1-3H3. The van der Waals surface area contributed by atoms with E-state index in [0.717, 1.165) is 26.5 Å². The highest BCUT2D eigenvalue weighted by molar-refractivity contribution is 9.10. The molecule has 0 unspecified atom stereocenters. The zero-order valence-electron chi connectivity index (χ0n) is 11.2. The quantitative estimate of drug-likeness (QED) is 0.615. The molecule has 2 rings (SSSR count). The Labute approximate surface area is 131 Å². The Balaban J connectivity index is 2.04. The minimum Gasteiger partial charge on any atom is -0.398 e. The summed E-state index contributed by atoms with van der Waals surface area (Å²) in [4.78, 5) is 5.80. The number of hydrogen-bond acceptors (Lipinski definition) is 4. The zero-order valence-corrected chi connectivity index (χ0v) is 14.5. The van der Waals surface area contributed by atoms with Crippen molar-refractivity contribution in [3.63, 3.8) is 0 Å². The number of rotatable bonds is 3. The third-order valence-corrected chi connectivity index (χ3v) is 5.47. The molecule has 0 radical (unpaired) electrons. The molecule has 0 bridgehead atoms. The van der Waals surface area contributed by atoms with E-state index in [1.807, 2.05) is 18.2 Å². The molecule has 0 saturated carbocycles. The lowest BCUT2D eigenvalue weighted by atomic mass is 9.98. The number of hydrogen-bond donors (Lipinski definition) is 1. The van der Waals surface area contributed by atoms with Gasteiger partial charge in [-0.2, -0.15) is 0 Å². The monoisotopic (exact) mass is 356 g/mol. The lowest BCUT2D eigenvalue weighted by molar-refractivity contribution is 0.584. The van der Waals surface area contributed by atoms with Crippen LogP contribution >= 0.6 is 39.0 Å². The third-order valence-electron chi connectivity index (χ3n) is 2.54. The van der Waals surface area contributed by atoms with Gasteiger partial charge in [0.15, 0.2) is 0 Å². The second-order valence-electron chi connectivity index (χ2n) is 5.36. The fourth-order valence-electron chi connectivity index (χ4n) is 1.52. The molecule has 0 spiro atoms. The summed E-state index contributed by atoms with van der Waals surface area (Å²) in [5.74, 6) is 0.860. The molecule has 5 heteroatoms. The van der Waals surface area contributed by atoms with Crippen molar-refractivity contribution in [1.82, 2.24) is 4.98 Å². The number of thioether (sulfide) groups is 1. The summed E-state index contributed by atoms with van der Waals surface area (Å²) in [6.45, 7) is 6.57. The number of aromatic nitrogens is 1. The molecular weight excluding hydrogens is 340 g/mol.